The van der Waals surface area contributed by atoms with Crippen LogP contribution in [0.4, 0.5) is 11.6 Å². The first-order valence-corrected chi connectivity index (χ1v) is 7.21. The molecule has 1 aromatic rings. The Bertz CT molecular complexity index is 422. The van der Waals surface area contributed by atoms with Gasteiger partial charge >= 0.3 is 0 Å². The summed E-state index contributed by atoms with van der Waals surface area (Å²) in [6.45, 7) is 3.53. The first-order chi connectivity index (χ1) is 9.72. The Labute approximate surface area is 120 Å². The summed E-state index contributed by atoms with van der Waals surface area (Å²) in [4.78, 5) is 11.3. The lowest BCUT2D eigenvalue weighted by Gasteiger charge is -2.16. The summed E-state index contributed by atoms with van der Waals surface area (Å²) in [6, 6.07) is 1.96. The summed E-state index contributed by atoms with van der Waals surface area (Å²) in [6.07, 6.45) is 2.43. The zero-order valence-corrected chi connectivity index (χ0v) is 12.6. The lowest BCUT2D eigenvalue weighted by molar-refractivity contribution is 0.163. The summed E-state index contributed by atoms with van der Waals surface area (Å²) in [5, 5.41) is 6.48. The highest BCUT2D eigenvalue weighted by Crippen LogP contribution is 2.38. The van der Waals surface area contributed by atoms with E-state index >= 15 is 0 Å². The summed E-state index contributed by atoms with van der Waals surface area (Å²) in [5.41, 5.74) is 0. The first kappa shape index (κ1) is 15.0. The predicted molar refractivity (Wildman–Crippen MR) is 81.4 cm³/mol. The minimum absolute atomic E-state index is 0.563. The number of hydrogen-bond donors (Lipinski definition) is 2. The van der Waals surface area contributed by atoms with Gasteiger partial charge in [-0.25, -0.2) is 9.97 Å². The van der Waals surface area contributed by atoms with Crippen molar-refractivity contribution in [3.8, 4) is 0 Å². The largest absolute Gasteiger partial charge is 0.383 e. The highest BCUT2D eigenvalue weighted by molar-refractivity contribution is 5.47. The Hall–Kier alpha value is -1.40. The van der Waals surface area contributed by atoms with Crippen LogP contribution in [0.15, 0.2) is 6.07 Å². The highest BCUT2D eigenvalue weighted by Gasteiger charge is 2.27. The third-order valence-corrected chi connectivity index (χ3v) is 3.42. The highest BCUT2D eigenvalue weighted by atomic mass is 16.5. The Morgan fingerprint density at radius 3 is 2.70 bits per heavy atom. The fourth-order valence-electron chi connectivity index (χ4n) is 1.94. The van der Waals surface area contributed by atoms with Crippen molar-refractivity contribution in [3.05, 3.63) is 11.9 Å². The average molecular weight is 279 g/mol. The van der Waals surface area contributed by atoms with Gasteiger partial charge in [-0.2, -0.15) is 0 Å². The molecule has 0 bridgehead atoms. The van der Waals surface area contributed by atoms with Gasteiger partial charge < -0.3 is 20.3 Å². The van der Waals surface area contributed by atoms with Crippen molar-refractivity contribution >= 4 is 11.6 Å². The van der Waals surface area contributed by atoms with Gasteiger partial charge in [0.25, 0.3) is 0 Å². The molecule has 1 aromatic heterocycles. The van der Waals surface area contributed by atoms with Crippen LogP contribution in [0.5, 0.6) is 0 Å². The molecule has 0 spiro atoms. The van der Waals surface area contributed by atoms with Gasteiger partial charge in [0.05, 0.1) is 6.61 Å². The van der Waals surface area contributed by atoms with E-state index in [1.165, 1.54) is 12.8 Å². The number of nitrogens with zero attached hydrogens (tertiary/aromatic N) is 3. The van der Waals surface area contributed by atoms with E-state index in [0.29, 0.717) is 5.92 Å². The van der Waals surface area contributed by atoms with Crippen molar-refractivity contribution in [1.82, 2.24) is 14.9 Å². The molecule has 0 aromatic carbocycles. The topological polar surface area (TPSA) is 62.3 Å². The van der Waals surface area contributed by atoms with Gasteiger partial charge in [-0.3, -0.25) is 0 Å². The lowest BCUT2D eigenvalue weighted by Crippen LogP contribution is -2.28. The summed E-state index contributed by atoms with van der Waals surface area (Å²) in [7, 11) is 5.71. The van der Waals surface area contributed by atoms with Crippen molar-refractivity contribution in [2.24, 2.45) is 0 Å². The maximum atomic E-state index is 5.07. The molecule has 0 radical (unpaired) electrons. The van der Waals surface area contributed by atoms with Crippen LogP contribution in [-0.2, 0) is 4.74 Å². The van der Waals surface area contributed by atoms with Crippen molar-refractivity contribution in [2.45, 2.75) is 18.8 Å². The fraction of sp³-hybridized carbons (Fsp3) is 0.714. The van der Waals surface area contributed by atoms with Crippen molar-refractivity contribution in [2.75, 3.05) is 58.1 Å². The SMILES string of the molecule is CNc1cc(NCCN(C)CCOC)nc(C2CC2)n1. The third kappa shape index (κ3) is 4.61. The Morgan fingerprint density at radius 1 is 1.30 bits per heavy atom. The van der Waals surface area contributed by atoms with E-state index in [1.54, 1.807) is 7.11 Å². The van der Waals surface area contributed by atoms with E-state index in [-0.39, 0.29) is 0 Å². The second kappa shape index (κ2) is 7.40. The molecule has 1 heterocycles. The minimum atomic E-state index is 0.563. The molecule has 0 atom stereocenters. The van der Waals surface area contributed by atoms with E-state index in [4.69, 9.17) is 4.74 Å². The number of hydrogen-bond acceptors (Lipinski definition) is 6. The normalized spacial score (nSPS) is 14.6. The van der Waals surface area contributed by atoms with Crippen LogP contribution in [0.25, 0.3) is 0 Å². The van der Waals surface area contributed by atoms with Gasteiger partial charge in [0.1, 0.15) is 17.5 Å². The Morgan fingerprint density at radius 2 is 2.05 bits per heavy atom. The molecule has 1 aliphatic carbocycles. The predicted octanol–water partition coefficient (Wildman–Crippen LogP) is 1.39. The summed E-state index contributed by atoms with van der Waals surface area (Å²) < 4.78 is 5.07. The number of ether oxygens (including phenoxy) is 1. The molecule has 20 heavy (non-hydrogen) atoms. The molecule has 2 N–H and O–H groups in total. The van der Waals surface area contributed by atoms with Crippen LogP contribution >= 0.6 is 0 Å². The number of nitrogens with one attached hydrogen (secondary N) is 2. The number of likely N-dealkylation sites (N-methyl/N-ethyl adjacent to an activating group) is 1. The van der Waals surface area contributed by atoms with E-state index in [0.717, 1.165) is 43.7 Å². The smallest absolute Gasteiger partial charge is 0.136 e. The second-order valence-corrected chi connectivity index (χ2v) is 5.24. The summed E-state index contributed by atoms with van der Waals surface area (Å²) in [5.74, 6) is 3.32. The molecule has 0 amide bonds. The van der Waals surface area contributed by atoms with Crippen LogP contribution in [-0.4, -0.2) is 62.3 Å². The Balaban J connectivity index is 1.84. The van der Waals surface area contributed by atoms with Crippen molar-refractivity contribution < 1.29 is 4.74 Å². The van der Waals surface area contributed by atoms with Gasteiger partial charge in [-0.05, 0) is 19.9 Å². The number of methoxy groups -OCH3 is 1. The average Bonchev–Trinajstić information content (AvgIpc) is 3.29. The monoisotopic (exact) mass is 279 g/mol. The maximum absolute atomic E-state index is 5.07. The second-order valence-electron chi connectivity index (χ2n) is 5.24. The molecule has 6 nitrogen and oxygen atoms in total. The Kier molecular flexibility index (Phi) is 5.55. The van der Waals surface area contributed by atoms with Gasteiger partial charge in [-0.1, -0.05) is 0 Å². The van der Waals surface area contributed by atoms with E-state index in [2.05, 4.69) is 32.5 Å². The van der Waals surface area contributed by atoms with E-state index in [9.17, 15) is 0 Å². The third-order valence-electron chi connectivity index (χ3n) is 3.42. The molecule has 1 fully saturated rings. The number of anilines is 2. The fourth-order valence-corrected chi connectivity index (χ4v) is 1.94. The van der Waals surface area contributed by atoms with Crippen molar-refractivity contribution in [3.63, 3.8) is 0 Å². The zero-order chi connectivity index (χ0) is 14.4. The minimum Gasteiger partial charge on any atom is -0.383 e. The van der Waals surface area contributed by atoms with Crippen LogP contribution < -0.4 is 10.6 Å². The number of rotatable bonds is 9. The zero-order valence-electron chi connectivity index (χ0n) is 12.6. The molecule has 2 rings (SSSR count). The standard InChI is InChI=1S/C14H25N5O/c1-15-12-10-13(18-14(17-12)11-4-5-11)16-6-7-19(2)8-9-20-3/h10-11H,4-9H2,1-3H3,(H2,15,16,17,18). The lowest BCUT2D eigenvalue weighted by atomic mass is 10.3. The van der Waals surface area contributed by atoms with Crippen molar-refractivity contribution in [1.29, 1.82) is 0 Å². The molecule has 0 saturated heterocycles. The van der Waals surface area contributed by atoms with Gasteiger partial charge in [0.2, 0.25) is 0 Å². The molecule has 1 saturated carbocycles. The molecular formula is C14H25N5O. The maximum Gasteiger partial charge on any atom is 0.136 e. The quantitative estimate of drug-likeness (QED) is 0.712. The molecule has 0 aliphatic heterocycles. The van der Waals surface area contributed by atoms with Crippen LogP contribution in [0.3, 0.4) is 0 Å². The number of aromatic nitrogens is 2. The molecular weight excluding hydrogens is 254 g/mol. The molecule has 1 aliphatic rings. The van der Waals surface area contributed by atoms with E-state index < -0.39 is 0 Å². The molecule has 6 heteroatoms. The van der Waals surface area contributed by atoms with Gasteiger partial charge in [0.15, 0.2) is 0 Å². The molecule has 112 valence electrons. The van der Waals surface area contributed by atoms with E-state index in [1.807, 2.05) is 13.1 Å². The molecule has 0 unspecified atom stereocenters. The van der Waals surface area contributed by atoms with Gasteiger partial charge in [0, 0.05) is 45.8 Å². The van der Waals surface area contributed by atoms with Gasteiger partial charge in [-0.15, -0.1) is 0 Å². The van der Waals surface area contributed by atoms with Crippen LogP contribution in [0, 0.1) is 0 Å². The van der Waals surface area contributed by atoms with Crippen LogP contribution in [0.2, 0.25) is 0 Å². The first-order valence-electron chi connectivity index (χ1n) is 7.21. The summed E-state index contributed by atoms with van der Waals surface area (Å²) >= 11 is 0. The van der Waals surface area contributed by atoms with Crippen LogP contribution in [0.1, 0.15) is 24.6 Å².